The summed E-state index contributed by atoms with van der Waals surface area (Å²) in [5, 5.41) is 2.64. The molecule has 0 aliphatic carbocycles. The van der Waals surface area contributed by atoms with Crippen molar-refractivity contribution in [3.8, 4) is 0 Å². The number of hydrogen-bond acceptors (Lipinski definition) is 2. The van der Waals surface area contributed by atoms with Gasteiger partial charge in [0.2, 0.25) is 5.91 Å². The highest BCUT2D eigenvalue weighted by Gasteiger charge is 2.04. The molecule has 1 heterocycles. The number of nitrogens with zero attached hydrogens (tertiary/aromatic N) is 1. The van der Waals surface area contributed by atoms with E-state index < -0.39 is 0 Å². The summed E-state index contributed by atoms with van der Waals surface area (Å²) in [7, 11) is 0. The molecule has 1 N–H and O–H groups in total. The fraction of sp³-hybridized carbons (Fsp3) is 0.250. The predicted molar refractivity (Wildman–Crippen MR) is 33.8 cm³/mol. The maximum absolute atomic E-state index is 10.4. The van der Waals surface area contributed by atoms with Gasteiger partial charge < -0.3 is 5.32 Å². The fourth-order valence-corrected chi connectivity index (χ4v) is 0.602. The maximum Gasteiger partial charge on any atom is 0.231 e. The van der Waals surface area contributed by atoms with Gasteiger partial charge in [-0.25, -0.2) is 4.99 Å². The van der Waals surface area contributed by atoms with E-state index in [9.17, 15) is 4.79 Å². The number of rotatable bonds is 0. The molecular weight excluding hydrogens is 124 g/mol. The standard InChI is InChI=1S/C4H4N2OS/c7-3-1-2-5-4(8)6-3/h2H,1H2,(H,6,7,8). The van der Waals surface area contributed by atoms with E-state index in [2.05, 4.69) is 22.5 Å². The van der Waals surface area contributed by atoms with E-state index in [1.54, 1.807) is 0 Å². The summed E-state index contributed by atoms with van der Waals surface area (Å²) < 4.78 is 0. The Balaban J connectivity index is 2.68. The zero-order chi connectivity index (χ0) is 5.98. The van der Waals surface area contributed by atoms with Crippen LogP contribution in [0, 0.1) is 0 Å². The molecule has 42 valence electrons. The average Bonchev–Trinajstić information content (AvgIpc) is 1.64. The van der Waals surface area contributed by atoms with Crippen molar-refractivity contribution in [1.29, 1.82) is 0 Å². The first-order valence-electron chi connectivity index (χ1n) is 2.15. The molecule has 0 atom stereocenters. The lowest BCUT2D eigenvalue weighted by Gasteiger charge is -2.03. The number of thiocarbonyl (C=S) groups is 1. The SMILES string of the molecule is O=C1CC=NC(=S)N1. The second-order valence-electron chi connectivity index (χ2n) is 1.37. The van der Waals surface area contributed by atoms with Gasteiger partial charge >= 0.3 is 0 Å². The van der Waals surface area contributed by atoms with Crippen molar-refractivity contribution >= 4 is 29.5 Å². The summed E-state index contributed by atoms with van der Waals surface area (Å²) in [4.78, 5) is 14.0. The third-order valence-electron chi connectivity index (χ3n) is 0.732. The summed E-state index contributed by atoms with van der Waals surface area (Å²) >= 11 is 4.55. The number of nitrogens with one attached hydrogen (secondary N) is 1. The van der Waals surface area contributed by atoms with Crippen LogP contribution in [0.3, 0.4) is 0 Å². The van der Waals surface area contributed by atoms with Gasteiger partial charge in [0.1, 0.15) is 0 Å². The van der Waals surface area contributed by atoms with Crippen LogP contribution >= 0.6 is 12.2 Å². The Labute approximate surface area is 51.8 Å². The Hall–Kier alpha value is -0.770. The molecule has 0 saturated heterocycles. The number of hydrogen-bond donors (Lipinski definition) is 1. The molecule has 0 aromatic heterocycles. The third kappa shape index (κ3) is 1.10. The van der Waals surface area contributed by atoms with Crippen molar-refractivity contribution in [2.45, 2.75) is 6.42 Å². The number of amides is 1. The Morgan fingerprint density at radius 3 is 3.00 bits per heavy atom. The lowest BCUT2D eigenvalue weighted by Crippen LogP contribution is -2.31. The number of aliphatic imine (C=N–C) groups is 1. The summed E-state index contributed by atoms with van der Waals surface area (Å²) in [6.45, 7) is 0. The molecule has 0 radical (unpaired) electrons. The molecule has 1 rings (SSSR count). The minimum atomic E-state index is -0.0787. The molecule has 4 heteroatoms. The maximum atomic E-state index is 10.4. The monoisotopic (exact) mass is 128 g/mol. The van der Waals surface area contributed by atoms with E-state index in [1.165, 1.54) is 6.21 Å². The molecule has 0 saturated carbocycles. The molecule has 1 aliphatic heterocycles. The van der Waals surface area contributed by atoms with Crippen molar-refractivity contribution in [3.63, 3.8) is 0 Å². The first-order chi connectivity index (χ1) is 3.79. The van der Waals surface area contributed by atoms with E-state index in [4.69, 9.17) is 0 Å². The van der Waals surface area contributed by atoms with Gasteiger partial charge in [0.05, 0.1) is 6.42 Å². The van der Waals surface area contributed by atoms with Crippen molar-refractivity contribution in [2.24, 2.45) is 4.99 Å². The molecule has 0 spiro atoms. The van der Waals surface area contributed by atoms with Crippen molar-refractivity contribution < 1.29 is 4.79 Å². The minimum absolute atomic E-state index is 0.0787. The largest absolute Gasteiger partial charge is 0.301 e. The van der Waals surface area contributed by atoms with Crippen LogP contribution in [0.1, 0.15) is 6.42 Å². The van der Waals surface area contributed by atoms with Gasteiger partial charge in [-0.05, 0) is 12.2 Å². The summed E-state index contributed by atoms with van der Waals surface area (Å²) in [6.07, 6.45) is 1.85. The summed E-state index contributed by atoms with van der Waals surface area (Å²) in [5.74, 6) is -0.0787. The van der Waals surface area contributed by atoms with Crippen LogP contribution in [0.25, 0.3) is 0 Å². The van der Waals surface area contributed by atoms with Crippen molar-refractivity contribution in [3.05, 3.63) is 0 Å². The Bertz CT molecular complexity index is 163. The molecule has 3 nitrogen and oxygen atoms in total. The molecule has 0 fully saturated rings. The number of carbonyl (C=O) groups is 1. The fourth-order valence-electron chi connectivity index (χ4n) is 0.414. The first kappa shape index (κ1) is 5.37. The molecule has 0 unspecified atom stereocenters. The van der Waals surface area contributed by atoms with Gasteiger partial charge in [-0.15, -0.1) is 0 Å². The van der Waals surface area contributed by atoms with E-state index in [0.29, 0.717) is 6.42 Å². The van der Waals surface area contributed by atoms with Crippen LogP contribution in [-0.2, 0) is 4.79 Å². The van der Waals surface area contributed by atoms with Crippen LogP contribution in [0.5, 0.6) is 0 Å². The van der Waals surface area contributed by atoms with Gasteiger partial charge in [0.25, 0.3) is 0 Å². The van der Waals surface area contributed by atoms with E-state index in [1.807, 2.05) is 0 Å². The summed E-state index contributed by atoms with van der Waals surface area (Å²) in [6, 6.07) is 0. The molecule has 0 aromatic rings. The minimum Gasteiger partial charge on any atom is -0.301 e. The van der Waals surface area contributed by atoms with E-state index in [0.717, 1.165) is 0 Å². The average molecular weight is 128 g/mol. The smallest absolute Gasteiger partial charge is 0.231 e. The van der Waals surface area contributed by atoms with E-state index >= 15 is 0 Å². The van der Waals surface area contributed by atoms with Crippen LogP contribution in [0.15, 0.2) is 4.99 Å². The highest BCUT2D eigenvalue weighted by atomic mass is 32.1. The molecular formula is C4H4N2OS. The van der Waals surface area contributed by atoms with Gasteiger partial charge in [-0.2, -0.15) is 0 Å². The Morgan fingerprint density at radius 2 is 2.62 bits per heavy atom. The van der Waals surface area contributed by atoms with Gasteiger partial charge in [-0.1, -0.05) is 0 Å². The summed E-state index contributed by atoms with van der Waals surface area (Å²) in [5.41, 5.74) is 0. The lowest BCUT2D eigenvalue weighted by atomic mass is 10.4. The van der Waals surface area contributed by atoms with Crippen molar-refractivity contribution in [2.75, 3.05) is 0 Å². The Morgan fingerprint density at radius 1 is 1.88 bits per heavy atom. The van der Waals surface area contributed by atoms with Gasteiger partial charge in [0, 0.05) is 6.21 Å². The van der Waals surface area contributed by atoms with Crippen LogP contribution in [0.4, 0.5) is 0 Å². The van der Waals surface area contributed by atoms with Gasteiger partial charge in [-0.3, -0.25) is 4.79 Å². The highest BCUT2D eigenvalue weighted by molar-refractivity contribution is 7.80. The second kappa shape index (κ2) is 2.00. The predicted octanol–water partition coefficient (Wildman–Crippen LogP) is -0.138. The highest BCUT2D eigenvalue weighted by Crippen LogP contribution is 1.85. The number of carbonyl (C=O) groups excluding carboxylic acids is 1. The lowest BCUT2D eigenvalue weighted by molar-refractivity contribution is -0.118. The molecule has 0 bridgehead atoms. The van der Waals surface area contributed by atoms with E-state index in [-0.39, 0.29) is 11.0 Å². The first-order valence-corrected chi connectivity index (χ1v) is 2.56. The normalized spacial score (nSPS) is 18.5. The quantitative estimate of drug-likeness (QED) is 0.461. The third-order valence-corrected chi connectivity index (χ3v) is 0.939. The second-order valence-corrected chi connectivity index (χ2v) is 1.76. The molecule has 0 aromatic carbocycles. The molecule has 1 aliphatic rings. The topological polar surface area (TPSA) is 41.5 Å². The van der Waals surface area contributed by atoms with Crippen LogP contribution in [-0.4, -0.2) is 17.2 Å². The van der Waals surface area contributed by atoms with Crippen LogP contribution in [0.2, 0.25) is 0 Å². The molecule has 8 heavy (non-hydrogen) atoms. The van der Waals surface area contributed by atoms with Gasteiger partial charge in [0.15, 0.2) is 5.11 Å². The van der Waals surface area contributed by atoms with Crippen LogP contribution < -0.4 is 5.32 Å². The van der Waals surface area contributed by atoms with Crippen molar-refractivity contribution in [1.82, 2.24) is 5.32 Å². The zero-order valence-corrected chi connectivity index (χ0v) is 4.86. The zero-order valence-electron chi connectivity index (χ0n) is 4.05. The Kier molecular flexibility index (Phi) is 1.34. The molecule has 1 amide bonds.